The average Bonchev–Trinajstić information content (AvgIpc) is 2.66. The Morgan fingerprint density at radius 2 is 1.93 bits per heavy atom. The molecule has 1 aromatic heterocycles. The molecule has 1 heterocycles. The smallest absolute Gasteiger partial charge is 0.290 e. The molecular weight excluding hydrogens is 362 g/mol. The molecule has 8 heteroatoms. The molecule has 0 unspecified atom stereocenters. The molecule has 2 rings (SSSR count). The third-order valence-electron chi connectivity index (χ3n) is 4.11. The van der Waals surface area contributed by atoms with Gasteiger partial charge in [0, 0.05) is 18.5 Å². The van der Waals surface area contributed by atoms with E-state index < -0.39 is 5.91 Å². The molecule has 1 aromatic carbocycles. The van der Waals surface area contributed by atoms with Gasteiger partial charge in [-0.25, -0.2) is 4.68 Å². The van der Waals surface area contributed by atoms with E-state index in [9.17, 15) is 9.59 Å². The molecule has 7 nitrogen and oxygen atoms in total. The van der Waals surface area contributed by atoms with Gasteiger partial charge < -0.3 is 5.32 Å². The molecule has 1 amide bonds. The van der Waals surface area contributed by atoms with E-state index in [1.165, 1.54) is 4.68 Å². The molecular formula is C19H27N5O2S. The SMILES string of the molecule is CCCCNC(=S)NNC(=O)c1nn(CCC(C)C)c(=O)c2ccccc12. The van der Waals surface area contributed by atoms with E-state index in [1.807, 2.05) is 0 Å². The Kier molecular flexibility index (Phi) is 7.72. The summed E-state index contributed by atoms with van der Waals surface area (Å²) in [6.07, 6.45) is 2.84. The van der Waals surface area contributed by atoms with Gasteiger partial charge in [-0.1, -0.05) is 45.4 Å². The first-order chi connectivity index (χ1) is 12.9. The fourth-order valence-electron chi connectivity index (χ4n) is 2.53. The van der Waals surface area contributed by atoms with Gasteiger partial charge in [-0.15, -0.1) is 0 Å². The molecule has 0 fully saturated rings. The minimum atomic E-state index is -0.441. The number of nitrogens with one attached hydrogen (secondary N) is 3. The summed E-state index contributed by atoms with van der Waals surface area (Å²) in [4.78, 5) is 25.3. The molecule has 0 aliphatic heterocycles. The maximum atomic E-state index is 12.7. The summed E-state index contributed by atoms with van der Waals surface area (Å²) in [6.45, 7) is 7.45. The Balaban J connectivity index is 2.22. The van der Waals surface area contributed by atoms with Crippen molar-refractivity contribution in [3.05, 3.63) is 40.3 Å². The normalized spacial score (nSPS) is 10.8. The highest BCUT2D eigenvalue weighted by atomic mass is 32.1. The molecule has 2 aromatic rings. The first-order valence-corrected chi connectivity index (χ1v) is 9.69. The van der Waals surface area contributed by atoms with Crippen LogP contribution in [0, 0.1) is 5.92 Å². The third-order valence-corrected chi connectivity index (χ3v) is 4.35. The van der Waals surface area contributed by atoms with Gasteiger partial charge in [-0.05, 0) is 37.0 Å². The largest absolute Gasteiger partial charge is 0.361 e. The highest BCUT2D eigenvalue weighted by Gasteiger charge is 2.17. The molecule has 0 aliphatic carbocycles. The maximum absolute atomic E-state index is 12.7. The predicted molar refractivity (Wildman–Crippen MR) is 112 cm³/mol. The van der Waals surface area contributed by atoms with Crippen LogP contribution in [0.3, 0.4) is 0 Å². The van der Waals surface area contributed by atoms with E-state index in [0.29, 0.717) is 28.3 Å². The zero-order valence-corrected chi connectivity index (χ0v) is 16.9. The number of carbonyl (C=O) groups excluding carboxylic acids is 1. The fraction of sp³-hybridized carbons (Fsp3) is 0.474. The van der Waals surface area contributed by atoms with Gasteiger partial charge in [0.1, 0.15) is 0 Å². The standard InChI is InChI=1S/C19H27N5O2S/c1-4-5-11-20-19(27)22-21-17(25)16-14-8-6-7-9-15(14)18(26)24(23-16)12-10-13(2)3/h6-9,13H,4-5,10-12H2,1-3H3,(H,21,25)(H2,20,22,27). The zero-order valence-electron chi connectivity index (χ0n) is 16.0. The number of rotatable bonds is 7. The van der Waals surface area contributed by atoms with Gasteiger partial charge in [-0.2, -0.15) is 5.10 Å². The third kappa shape index (κ3) is 5.75. The fourth-order valence-corrected chi connectivity index (χ4v) is 2.68. The van der Waals surface area contributed by atoms with Crippen molar-refractivity contribution in [3.8, 4) is 0 Å². The lowest BCUT2D eigenvalue weighted by atomic mass is 10.1. The number of fused-ring (bicyclic) bond motifs is 1. The van der Waals surface area contributed by atoms with Crippen LogP contribution in [0.15, 0.2) is 29.1 Å². The van der Waals surface area contributed by atoms with Crippen LogP contribution < -0.4 is 21.7 Å². The first kappa shape index (κ1) is 20.8. The quantitative estimate of drug-likeness (QED) is 0.383. The Bertz CT molecular complexity index is 863. The Hall–Kier alpha value is -2.48. The number of aromatic nitrogens is 2. The van der Waals surface area contributed by atoms with Crippen molar-refractivity contribution >= 4 is 34.0 Å². The van der Waals surface area contributed by atoms with Crippen LogP contribution >= 0.6 is 12.2 Å². The molecule has 0 radical (unpaired) electrons. The topological polar surface area (TPSA) is 88.0 Å². The van der Waals surface area contributed by atoms with Gasteiger partial charge in [0.2, 0.25) is 0 Å². The van der Waals surface area contributed by atoms with E-state index in [1.54, 1.807) is 24.3 Å². The van der Waals surface area contributed by atoms with Crippen molar-refractivity contribution in [2.75, 3.05) is 6.54 Å². The number of nitrogens with zero attached hydrogens (tertiary/aromatic N) is 2. The second kappa shape index (κ2) is 10.0. The van der Waals surface area contributed by atoms with Crippen LogP contribution in [0.25, 0.3) is 10.8 Å². The minimum Gasteiger partial charge on any atom is -0.361 e. The number of hydrazine groups is 1. The van der Waals surface area contributed by atoms with Crippen molar-refractivity contribution in [1.29, 1.82) is 0 Å². The highest BCUT2D eigenvalue weighted by molar-refractivity contribution is 7.80. The summed E-state index contributed by atoms with van der Waals surface area (Å²) in [5.74, 6) is -0.0141. The van der Waals surface area contributed by atoms with Gasteiger partial charge >= 0.3 is 0 Å². The highest BCUT2D eigenvalue weighted by Crippen LogP contribution is 2.13. The number of aryl methyl sites for hydroxylation is 1. The second-order valence-electron chi connectivity index (χ2n) is 6.79. The molecule has 0 bridgehead atoms. The van der Waals surface area contributed by atoms with E-state index in [2.05, 4.69) is 42.0 Å². The number of benzene rings is 1. The average molecular weight is 390 g/mol. The lowest BCUT2D eigenvalue weighted by Crippen LogP contribution is -2.47. The summed E-state index contributed by atoms with van der Waals surface area (Å²) < 4.78 is 1.37. The van der Waals surface area contributed by atoms with E-state index in [-0.39, 0.29) is 11.3 Å². The number of hydrogen-bond acceptors (Lipinski definition) is 4. The molecule has 27 heavy (non-hydrogen) atoms. The Morgan fingerprint density at radius 3 is 2.59 bits per heavy atom. The van der Waals surface area contributed by atoms with Crippen LogP contribution in [0.1, 0.15) is 50.5 Å². The van der Waals surface area contributed by atoms with Crippen LogP contribution in [-0.4, -0.2) is 27.3 Å². The van der Waals surface area contributed by atoms with Crippen LogP contribution in [0.5, 0.6) is 0 Å². The Morgan fingerprint density at radius 1 is 1.22 bits per heavy atom. The number of thiocarbonyl (C=S) groups is 1. The van der Waals surface area contributed by atoms with Crippen molar-refractivity contribution in [3.63, 3.8) is 0 Å². The maximum Gasteiger partial charge on any atom is 0.290 e. The van der Waals surface area contributed by atoms with E-state index in [4.69, 9.17) is 12.2 Å². The molecule has 3 N–H and O–H groups in total. The molecule has 0 spiro atoms. The van der Waals surface area contributed by atoms with Gasteiger partial charge in [-0.3, -0.25) is 20.4 Å². The van der Waals surface area contributed by atoms with E-state index >= 15 is 0 Å². The summed E-state index contributed by atoms with van der Waals surface area (Å²) in [7, 11) is 0. The monoisotopic (exact) mass is 389 g/mol. The first-order valence-electron chi connectivity index (χ1n) is 9.28. The van der Waals surface area contributed by atoms with Gasteiger partial charge in [0.15, 0.2) is 10.8 Å². The van der Waals surface area contributed by atoms with E-state index in [0.717, 1.165) is 25.8 Å². The number of hydrogen-bond donors (Lipinski definition) is 3. The van der Waals surface area contributed by atoms with Crippen LogP contribution in [0.4, 0.5) is 0 Å². The molecule has 146 valence electrons. The summed E-state index contributed by atoms with van der Waals surface area (Å²) in [6, 6.07) is 7.00. The molecule has 0 saturated heterocycles. The lowest BCUT2D eigenvalue weighted by Gasteiger charge is -2.14. The van der Waals surface area contributed by atoms with Crippen molar-refractivity contribution < 1.29 is 4.79 Å². The molecule has 0 saturated carbocycles. The summed E-state index contributed by atoms with van der Waals surface area (Å²) in [5.41, 5.74) is 5.25. The van der Waals surface area contributed by atoms with Crippen LogP contribution in [0.2, 0.25) is 0 Å². The van der Waals surface area contributed by atoms with Crippen LogP contribution in [-0.2, 0) is 6.54 Å². The van der Waals surface area contributed by atoms with Gasteiger partial charge in [0.05, 0.1) is 5.39 Å². The zero-order chi connectivity index (χ0) is 19.8. The van der Waals surface area contributed by atoms with Gasteiger partial charge in [0.25, 0.3) is 11.5 Å². The molecule has 0 aliphatic rings. The molecule has 0 atom stereocenters. The minimum absolute atomic E-state index is 0.187. The predicted octanol–water partition coefficient (Wildman–Crippen LogP) is 2.35. The van der Waals surface area contributed by atoms with Crippen molar-refractivity contribution in [1.82, 2.24) is 25.9 Å². The number of carbonyl (C=O) groups is 1. The Labute approximate surface area is 164 Å². The lowest BCUT2D eigenvalue weighted by molar-refractivity contribution is 0.0938. The summed E-state index contributed by atoms with van der Waals surface area (Å²) >= 11 is 5.14. The van der Waals surface area contributed by atoms with Crippen molar-refractivity contribution in [2.24, 2.45) is 5.92 Å². The van der Waals surface area contributed by atoms with Crippen molar-refractivity contribution in [2.45, 2.75) is 46.6 Å². The number of unbranched alkanes of at least 4 members (excludes halogenated alkanes) is 1. The second-order valence-corrected chi connectivity index (χ2v) is 7.20. The summed E-state index contributed by atoms with van der Waals surface area (Å²) in [5, 5.41) is 8.66. The number of amides is 1.